The summed E-state index contributed by atoms with van der Waals surface area (Å²) < 4.78 is 41.3. The predicted octanol–water partition coefficient (Wildman–Crippen LogP) is 6.46. The zero-order valence-electron chi connectivity index (χ0n) is 21.0. The number of fused-ring (bicyclic) bond motifs is 2. The van der Waals surface area contributed by atoms with Crippen molar-refractivity contribution in [3.63, 3.8) is 0 Å². The molecule has 1 aromatic heterocycles. The van der Waals surface area contributed by atoms with Gasteiger partial charge in [-0.2, -0.15) is 0 Å². The number of hydrogen-bond acceptors (Lipinski definition) is 6. The van der Waals surface area contributed by atoms with Crippen LogP contribution in [0.2, 0.25) is 0 Å². The quantitative estimate of drug-likeness (QED) is 0.276. The highest BCUT2D eigenvalue weighted by Crippen LogP contribution is 2.52. The SMILES string of the molecule is CCCOC(=O)c1cccc(-c2nc(NC(=O)C3(c4ccc5c(c4)OC(F)(F)O5)CC3)cc3ccccc23)c1. The lowest BCUT2D eigenvalue weighted by Crippen LogP contribution is -2.28. The maximum Gasteiger partial charge on any atom is 0.586 e. The second kappa shape index (κ2) is 9.34. The number of nitrogens with zero attached hydrogens (tertiary/aromatic N) is 1. The summed E-state index contributed by atoms with van der Waals surface area (Å²) >= 11 is 0. The Hall–Kier alpha value is -4.53. The van der Waals surface area contributed by atoms with Crippen LogP contribution >= 0.6 is 0 Å². The molecule has 1 aliphatic heterocycles. The molecule has 0 radical (unpaired) electrons. The summed E-state index contributed by atoms with van der Waals surface area (Å²) in [5, 5.41) is 4.64. The summed E-state index contributed by atoms with van der Waals surface area (Å²) in [5.41, 5.74) is 1.40. The highest BCUT2D eigenvalue weighted by atomic mass is 19.3. The molecule has 4 aromatic rings. The Morgan fingerprint density at radius 1 is 0.974 bits per heavy atom. The predicted molar refractivity (Wildman–Crippen MR) is 140 cm³/mol. The second-order valence-corrected chi connectivity index (χ2v) is 9.66. The lowest BCUT2D eigenvalue weighted by atomic mass is 9.94. The number of hydrogen-bond donors (Lipinski definition) is 1. The van der Waals surface area contributed by atoms with Gasteiger partial charge in [-0.25, -0.2) is 9.78 Å². The molecule has 0 spiro atoms. The van der Waals surface area contributed by atoms with Crippen molar-refractivity contribution in [1.29, 1.82) is 0 Å². The number of esters is 1. The van der Waals surface area contributed by atoms with Crippen LogP contribution < -0.4 is 14.8 Å². The number of pyridine rings is 1. The van der Waals surface area contributed by atoms with Crippen LogP contribution in [0.4, 0.5) is 14.6 Å². The molecule has 0 unspecified atom stereocenters. The van der Waals surface area contributed by atoms with E-state index in [0.717, 1.165) is 17.2 Å². The molecule has 2 aliphatic rings. The number of aromatic nitrogens is 1. The smallest absolute Gasteiger partial charge is 0.462 e. The van der Waals surface area contributed by atoms with Crippen molar-refractivity contribution in [2.24, 2.45) is 0 Å². The molecule has 1 fully saturated rings. The van der Waals surface area contributed by atoms with Crippen molar-refractivity contribution in [1.82, 2.24) is 4.98 Å². The van der Waals surface area contributed by atoms with Gasteiger partial charge < -0.3 is 19.5 Å². The number of carbonyl (C=O) groups excluding carboxylic acids is 2. The van der Waals surface area contributed by atoms with E-state index in [1.807, 2.05) is 37.3 Å². The molecule has 1 amide bonds. The third kappa shape index (κ3) is 4.65. The van der Waals surface area contributed by atoms with E-state index in [1.165, 1.54) is 12.1 Å². The van der Waals surface area contributed by atoms with Crippen LogP contribution in [0, 0.1) is 0 Å². The van der Waals surface area contributed by atoms with Crippen molar-refractivity contribution >= 4 is 28.5 Å². The molecule has 6 rings (SSSR count). The first-order valence-electron chi connectivity index (χ1n) is 12.7. The van der Waals surface area contributed by atoms with Crippen LogP contribution in [0.1, 0.15) is 42.1 Å². The summed E-state index contributed by atoms with van der Waals surface area (Å²) in [7, 11) is 0. The van der Waals surface area contributed by atoms with Crippen LogP contribution in [-0.4, -0.2) is 29.8 Å². The average molecular weight is 531 g/mol. The van der Waals surface area contributed by atoms with Crippen molar-refractivity contribution in [3.8, 4) is 22.8 Å². The van der Waals surface area contributed by atoms with E-state index in [1.54, 1.807) is 30.3 Å². The van der Waals surface area contributed by atoms with E-state index >= 15 is 0 Å². The molecule has 1 N–H and O–H groups in total. The fourth-order valence-electron chi connectivity index (χ4n) is 4.81. The summed E-state index contributed by atoms with van der Waals surface area (Å²) in [6.07, 6.45) is -1.90. The molecule has 0 bridgehead atoms. The van der Waals surface area contributed by atoms with E-state index in [-0.39, 0.29) is 17.4 Å². The molecule has 9 heteroatoms. The van der Waals surface area contributed by atoms with Crippen molar-refractivity contribution in [3.05, 3.63) is 83.9 Å². The number of benzene rings is 3. The van der Waals surface area contributed by atoms with E-state index in [0.29, 0.717) is 47.7 Å². The van der Waals surface area contributed by atoms with Crippen molar-refractivity contribution < 1.29 is 32.6 Å². The van der Waals surface area contributed by atoms with Gasteiger partial charge in [-0.1, -0.05) is 49.4 Å². The third-order valence-corrected chi connectivity index (χ3v) is 6.93. The van der Waals surface area contributed by atoms with Gasteiger partial charge >= 0.3 is 12.3 Å². The molecule has 39 heavy (non-hydrogen) atoms. The Kier molecular flexibility index (Phi) is 5.94. The number of rotatable bonds is 7. The monoisotopic (exact) mass is 530 g/mol. The highest BCUT2D eigenvalue weighted by molar-refractivity contribution is 6.04. The summed E-state index contributed by atoms with van der Waals surface area (Å²) in [4.78, 5) is 30.7. The van der Waals surface area contributed by atoms with Gasteiger partial charge in [-0.3, -0.25) is 4.79 Å². The molecular formula is C30H24F2N2O5. The minimum atomic E-state index is -3.73. The van der Waals surface area contributed by atoms with Gasteiger partial charge in [0.1, 0.15) is 5.82 Å². The summed E-state index contributed by atoms with van der Waals surface area (Å²) in [5.74, 6) is -0.531. The lowest BCUT2D eigenvalue weighted by molar-refractivity contribution is -0.286. The first kappa shape index (κ1) is 24.8. The Labute approximate surface area is 222 Å². The number of nitrogens with one attached hydrogen (secondary N) is 1. The molecule has 1 aliphatic carbocycles. The number of halogens is 2. The molecule has 0 saturated heterocycles. The van der Waals surface area contributed by atoms with E-state index in [4.69, 9.17) is 9.72 Å². The Morgan fingerprint density at radius 3 is 2.56 bits per heavy atom. The zero-order chi connectivity index (χ0) is 27.2. The topological polar surface area (TPSA) is 86.8 Å². The fraction of sp³-hybridized carbons (Fsp3) is 0.233. The van der Waals surface area contributed by atoms with E-state index < -0.39 is 17.7 Å². The van der Waals surface area contributed by atoms with Crippen LogP contribution in [0.25, 0.3) is 22.0 Å². The largest absolute Gasteiger partial charge is 0.586 e. The van der Waals surface area contributed by atoms with Crippen LogP contribution in [0.3, 0.4) is 0 Å². The average Bonchev–Trinajstić information content (AvgIpc) is 3.68. The number of anilines is 1. The molecule has 1 saturated carbocycles. The minimum absolute atomic E-state index is 0.0680. The van der Waals surface area contributed by atoms with Gasteiger partial charge in [-0.05, 0) is 60.5 Å². The van der Waals surface area contributed by atoms with Gasteiger partial charge in [0.25, 0.3) is 0 Å². The Morgan fingerprint density at radius 2 is 1.77 bits per heavy atom. The zero-order valence-corrected chi connectivity index (χ0v) is 21.0. The number of amides is 1. The number of ether oxygens (including phenoxy) is 3. The molecule has 7 nitrogen and oxygen atoms in total. The Balaban J connectivity index is 1.32. The maximum absolute atomic E-state index is 13.5. The van der Waals surface area contributed by atoms with Gasteiger partial charge in [0.15, 0.2) is 11.5 Å². The van der Waals surface area contributed by atoms with E-state index in [9.17, 15) is 18.4 Å². The minimum Gasteiger partial charge on any atom is -0.462 e. The molecule has 2 heterocycles. The summed E-state index contributed by atoms with van der Waals surface area (Å²) in [6, 6.07) is 20.9. The van der Waals surface area contributed by atoms with Gasteiger partial charge in [0.05, 0.1) is 23.3 Å². The van der Waals surface area contributed by atoms with Crippen LogP contribution in [-0.2, 0) is 14.9 Å². The normalized spacial score (nSPS) is 16.1. The van der Waals surface area contributed by atoms with Crippen molar-refractivity contribution in [2.75, 3.05) is 11.9 Å². The van der Waals surface area contributed by atoms with Gasteiger partial charge in [-0.15, -0.1) is 8.78 Å². The van der Waals surface area contributed by atoms with Gasteiger partial charge in [0, 0.05) is 10.9 Å². The van der Waals surface area contributed by atoms with Gasteiger partial charge in [0.2, 0.25) is 5.91 Å². The fourth-order valence-corrected chi connectivity index (χ4v) is 4.81. The van der Waals surface area contributed by atoms with Crippen LogP contribution in [0.15, 0.2) is 72.8 Å². The molecule has 0 atom stereocenters. The van der Waals surface area contributed by atoms with E-state index in [2.05, 4.69) is 14.8 Å². The first-order chi connectivity index (χ1) is 18.8. The first-order valence-corrected chi connectivity index (χ1v) is 12.7. The molecule has 198 valence electrons. The number of alkyl halides is 2. The van der Waals surface area contributed by atoms with Crippen molar-refractivity contribution in [2.45, 2.75) is 37.9 Å². The standard InChI is InChI=1S/C30H24F2N2O5/c1-2-14-37-27(35)20-8-5-7-19(15-20)26-22-9-4-3-6-18(22)16-25(33-26)34-28(36)29(12-13-29)21-10-11-23-24(17-21)39-30(31,32)38-23/h3-11,15-17H,2,12-14H2,1H3,(H,33,34,36). The molecular weight excluding hydrogens is 506 g/mol. The number of carbonyl (C=O) groups is 2. The second-order valence-electron chi connectivity index (χ2n) is 9.66. The highest BCUT2D eigenvalue weighted by Gasteiger charge is 2.53. The maximum atomic E-state index is 13.5. The Bertz CT molecular complexity index is 1620. The lowest BCUT2D eigenvalue weighted by Gasteiger charge is -2.17. The summed E-state index contributed by atoms with van der Waals surface area (Å²) in [6.45, 7) is 2.26. The molecule has 3 aromatic carbocycles. The third-order valence-electron chi connectivity index (χ3n) is 6.93. The van der Waals surface area contributed by atoms with Crippen LogP contribution in [0.5, 0.6) is 11.5 Å².